The fourth-order valence-electron chi connectivity index (χ4n) is 2.03. The van der Waals surface area contributed by atoms with Crippen LogP contribution >= 0.6 is 0 Å². The minimum Gasteiger partial charge on any atom is -0.197 e. The molecule has 0 bridgehead atoms. The van der Waals surface area contributed by atoms with E-state index in [0.717, 1.165) is 43.6 Å². The Hall–Kier alpha value is -1.71. The van der Waals surface area contributed by atoms with Crippen LogP contribution in [0.15, 0.2) is 24.3 Å². The number of tetrazole rings is 1. The summed E-state index contributed by atoms with van der Waals surface area (Å²) in [5.41, 5.74) is 2.41. The Kier molecular flexibility index (Phi) is 4.45. The lowest BCUT2D eigenvalue weighted by Gasteiger charge is -2.06. The van der Waals surface area contributed by atoms with E-state index in [-0.39, 0.29) is 0 Å². The standard InChI is InChI=1S/C14H20N4/c1-3-5-10-14-15-16-17-18(14)13-9-6-8-12(11-13)7-4-2/h6,8-9,11H,3-5,7,10H2,1-2H3. The summed E-state index contributed by atoms with van der Waals surface area (Å²) in [6, 6.07) is 8.47. The molecule has 4 heteroatoms. The lowest BCUT2D eigenvalue weighted by molar-refractivity contribution is 0.710. The van der Waals surface area contributed by atoms with Crippen LogP contribution in [0.4, 0.5) is 0 Å². The average Bonchev–Trinajstić information content (AvgIpc) is 2.85. The molecule has 0 fully saturated rings. The highest BCUT2D eigenvalue weighted by atomic mass is 15.5. The third-order valence-corrected chi connectivity index (χ3v) is 2.98. The average molecular weight is 244 g/mol. The summed E-state index contributed by atoms with van der Waals surface area (Å²) in [5, 5.41) is 12.0. The van der Waals surface area contributed by atoms with Gasteiger partial charge in [-0.25, -0.2) is 0 Å². The molecule has 0 N–H and O–H groups in total. The van der Waals surface area contributed by atoms with Crippen molar-refractivity contribution in [3.05, 3.63) is 35.7 Å². The van der Waals surface area contributed by atoms with E-state index in [2.05, 4.69) is 53.6 Å². The maximum Gasteiger partial charge on any atom is 0.156 e. The second kappa shape index (κ2) is 6.28. The van der Waals surface area contributed by atoms with E-state index < -0.39 is 0 Å². The first-order valence-corrected chi connectivity index (χ1v) is 6.71. The van der Waals surface area contributed by atoms with Gasteiger partial charge in [0.15, 0.2) is 5.82 Å². The van der Waals surface area contributed by atoms with Gasteiger partial charge in [-0.1, -0.05) is 38.8 Å². The topological polar surface area (TPSA) is 43.6 Å². The van der Waals surface area contributed by atoms with E-state index in [1.54, 1.807) is 0 Å². The fraction of sp³-hybridized carbons (Fsp3) is 0.500. The predicted molar refractivity (Wildman–Crippen MR) is 71.8 cm³/mol. The minimum absolute atomic E-state index is 0.932. The molecule has 96 valence electrons. The van der Waals surface area contributed by atoms with Gasteiger partial charge in [0.25, 0.3) is 0 Å². The highest BCUT2D eigenvalue weighted by Gasteiger charge is 2.07. The van der Waals surface area contributed by atoms with Crippen LogP contribution in [0.3, 0.4) is 0 Å². The molecule has 0 aliphatic carbocycles. The highest BCUT2D eigenvalue weighted by Crippen LogP contribution is 2.13. The SMILES string of the molecule is CCCCc1nnnn1-c1cccc(CCC)c1. The van der Waals surface area contributed by atoms with E-state index in [1.165, 1.54) is 5.56 Å². The first-order chi connectivity index (χ1) is 8.85. The van der Waals surface area contributed by atoms with Crippen molar-refractivity contribution in [1.29, 1.82) is 0 Å². The first-order valence-electron chi connectivity index (χ1n) is 6.71. The van der Waals surface area contributed by atoms with Crippen LogP contribution in [0, 0.1) is 0 Å². The molecule has 1 aromatic carbocycles. The molecule has 0 saturated heterocycles. The molecule has 0 atom stereocenters. The van der Waals surface area contributed by atoms with Crippen molar-refractivity contribution < 1.29 is 0 Å². The number of aryl methyl sites for hydroxylation is 2. The van der Waals surface area contributed by atoms with Gasteiger partial charge in [0, 0.05) is 6.42 Å². The van der Waals surface area contributed by atoms with Gasteiger partial charge in [0.05, 0.1) is 5.69 Å². The van der Waals surface area contributed by atoms with Gasteiger partial charge in [-0.2, -0.15) is 4.68 Å². The molecule has 0 aliphatic heterocycles. The van der Waals surface area contributed by atoms with Crippen molar-refractivity contribution in [2.75, 3.05) is 0 Å². The van der Waals surface area contributed by atoms with Gasteiger partial charge in [-0.15, -0.1) is 5.10 Å². The van der Waals surface area contributed by atoms with Crippen LogP contribution in [-0.4, -0.2) is 20.2 Å². The number of rotatable bonds is 6. The summed E-state index contributed by atoms with van der Waals surface area (Å²) in [7, 11) is 0. The van der Waals surface area contributed by atoms with Gasteiger partial charge in [-0.3, -0.25) is 0 Å². The first kappa shape index (κ1) is 12.7. The number of benzene rings is 1. The molecule has 0 unspecified atom stereocenters. The van der Waals surface area contributed by atoms with E-state index in [1.807, 2.05) is 4.68 Å². The van der Waals surface area contributed by atoms with Gasteiger partial charge < -0.3 is 0 Å². The second-order valence-corrected chi connectivity index (χ2v) is 4.53. The van der Waals surface area contributed by atoms with Crippen LogP contribution in [-0.2, 0) is 12.8 Å². The Labute approximate surface area is 108 Å². The fourth-order valence-corrected chi connectivity index (χ4v) is 2.03. The predicted octanol–water partition coefficient (Wildman–Crippen LogP) is 2.96. The molecule has 1 heterocycles. The van der Waals surface area contributed by atoms with Crippen LogP contribution < -0.4 is 0 Å². The largest absolute Gasteiger partial charge is 0.197 e. The summed E-state index contributed by atoms with van der Waals surface area (Å²) < 4.78 is 1.86. The Bertz CT molecular complexity index is 490. The normalized spacial score (nSPS) is 10.8. The molecule has 18 heavy (non-hydrogen) atoms. The Morgan fingerprint density at radius 3 is 2.78 bits per heavy atom. The van der Waals surface area contributed by atoms with Crippen molar-refractivity contribution in [2.24, 2.45) is 0 Å². The Balaban J connectivity index is 2.24. The summed E-state index contributed by atoms with van der Waals surface area (Å²) in [6.45, 7) is 4.37. The zero-order chi connectivity index (χ0) is 12.8. The molecule has 0 spiro atoms. The zero-order valence-corrected chi connectivity index (χ0v) is 11.1. The van der Waals surface area contributed by atoms with Gasteiger partial charge >= 0.3 is 0 Å². The minimum atomic E-state index is 0.932. The Morgan fingerprint density at radius 1 is 1.11 bits per heavy atom. The summed E-state index contributed by atoms with van der Waals surface area (Å²) in [6.07, 6.45) is 5.46. The Morgan fingerprint density at radius 2 is 2.00 bits per heavy atom. The lowest BCUT2D eigenvalue weighted by atomic mass is 10.1. The van der Waals surface area contributed by atoms with Crippen molar-refractivity contribution in [3.63, 3.8) is 0 Å². The summed E-state index contributed by atoms with van der Waals surface area (Å²) >= 11 is 0. The quantitative estimate of drug-likeness (QED) is 0.784. The maximum absolute atomic E-state index is 4.11. The molecule has 0 saturated carbocycles. The van der Waals surface area contributed by atoms with Crippen LogP contribution in [0.25, 0.3) is 5.69 Å². The van der Waals surface area contributed by atoms with Gasteiger partial charge in [-0.05, 0) is 41.0 Å². The molecule has 1 aromatic heterocycles. The van der Waals surface area contributed by atoms with E-state index in [0.29, 0.717) is 0 Å². The van der Waals surface area contributed by atoms with E-state index >= 15 is 0 Å². The van der Waals surface area contributed by atoms with E-state index in [4.69, 9.17) is 0 Å². The molecule has 2 rings (SSSR count). The molecule has 0 radical (unpaired) electrons. The number of hydrogen-bond donors (Lipinski definition) is 0. The zero-order valence-electron chi connectivity index (χ0n) is 11.1. The molecular formula is C14H20N4. The lowest BCUT2D eigenvalue weighted by Crippen LogP contribution is -2.03. The number of aromatic nitrogens is 4. The van der Waals surface area contributed by atoms with Crippen molar-refractivity contribution >= 4 is 0 Å². The number of unbranched alkanes of at least 4 members (excludes halogenated alkanes) is 1. The monoisotopic (exact) mass is 244 g/mol. The summed E-state index contributed by atoms with van der Waals surface area (Å²) in [5.74, 6) is 0.950. The molecular weight excluding hydrogens is 224 g/mol. The van der Waals surface area contributed by atoms with Crippen LogP contribution in [0.1, 0.15) is 44.5 Å². The molecule has 0 aliphatic rings. The number of nitrogens with zero attached hydrogens (tertiary/aromatic N) is 4. The molecule has 0 amide bonds. The van der Waals surface area contributed by atoms with Crippen molar-refractivity contribution in [3.8, 4) is 5.69 Å². The van der Waals surface area contributed by atoms with E-state index in [9.17, 15) is 0 Å². The third kappa shape index (κ3) is 2.94. The third-order valence-electron chi connectivity index (χ3n) is 2.98. The summed E-state index contributed by atoms with van der Waals surface area (Å²) in [4.78, 5) is 0. The highest BCUT2D eigenvalue weighted by molar-refractivity contribution is 5.35. The maximum atomic E-state index is 4.11. The van der Waals surface area contributed by atoms with Gasteiger partial charge in [0.1, 0.15) is 0 Å². The van der Waals surface area contributed by atoms with Gasteiger partial charge in [0.2, 0.25) is 0 Å². The smallest absolute Gasteiger partial charge is 0.156 e. The molecule has 2 aromatic rings. The van der Waals surface area contributed by atoms with Crippen LogP contribution in [0.2, 0.25) is 0 Å². The van der Waals surface area contributed by atoms with Crippen molar-refractivity contribution in [1.82, 2.24) is 20.2 Å². The molecule has 4 nitrogen and oxygen atoms in total. The van der Waals surface area contributed by atoms with Crippen molar-refractivity contribution in [2.45, 2.75) is 46.0 Å². The number of hydrogen-bond acceptors (Lipinski definition) is 3. The van der Waals surface area contributed by atoms with Crippen LogP contribution in [0.5, 0.6) is 0 Å². The second-order valence-electron chi connectivity index (χ2n) is 4.53.